The predicted octanol–water partition coefficient (Wildman–Crippen LogP) is 3.49. The highest BCUT2D eigenvalue weighted by Gasteiger charge is 2.18. The van der Waals surface area contributed by atoms with Gasteiger partial charge in [0.1, 0.15) is 0 Å². The van der Waals surface area contributed by atoms with E-state index in [4.69, 9.17) is 0 Å². The van der Waals surface area contributed by atoms with Gasteiger partial charge in [-0.2, -0.15) is 0 Å². The minimum Gasteiger partial charge on any atom is -0.310 e. The number of hydrogen-bond donors (Lipinski definition) is 2. The van der Waals surface area contributed by atoms with Crippen molar-refractivity contribution < 1.29 is 0 Å². The molecule has 0 radical (unpaired) electrons. The van der Waals surface area contributed by atoms with Crippen LogP contribution in [0.1, 0.15) is 22.0 Å². The van der Waals surface area contributed by atoms with Gasteiger partial charge in [-0.15, -0.1) is 11.3 Å². The highest BCUT2D eigenvalue weighted by Crippen LogP contribution is 2.23. The molecule has 1 aromatic carbocycles. The minimum absolute atomic E-state index is 0.438. The summed E-state index contributed by atoms with van der Waals surface area (Å²) in [5.41, 5.74) is 2.94. The van der Waals surface area contributed by atoms with Crippen LogP contribution in [0.25, 0.3) is 0 Å². The first kappa shape index (κ1) is 13.3. The van der Waals surface area contributed by atoms with Crippen molar-refractivity contribution in [1.29, 1.82) is 0 Å². The largest absolute Gasteiger partial charge is 0.310 e. The molecule has 0 bridgehead atoms. The van der Waals surface area contributed by atoms with E-state index in [-0.39, 0.29) is 0 Å². The highest BCUT2D eigenvalue weighted by atomic mass is 79.9. The van der Waals surface area contributed by atoms with Crippen LogP contribution in [0.5, 0.6) is 0 Å². The lowest BCUT2D eigenvalue weighted by Gasteiger charge is -2.27. The fourth-order valence-electron chi connectivity index (χ4n) is 2.56. The van der Waals surface area contributed by atoms with E-state index in [9.17, 15) is 0 Å². The van der Waals surface area contributed by atoms with Crippen LogP contribution in [-0.4, -0.2) is 13.1 Å². The third-order valence-electron chi connectivity index (χ3n) is 3.49. The molecule has 3 rings (SSSR count). The first-order valence-corrected chi connectivity index (χ1v) is 8.25. The number of hydrogen-bond acceptors (Lipinski definition) is 3. The van der Waals surface area contributed by atoms with Gasteiger partial charge < -0.3 is 10.6 Å². The van der Waals surface area contributed by atoms with Gasteiger partial charge in [-0.25, -0.2) is 0 Å². The third-order valence-corrected chi connectivity index (χ3v) is 5.18. The average molecular weight is 337 g/mol. The number of fused-ring (bicyclic) bond motifs is 1. The molecule has 100 valence electrons. The summed E-state index contributed by atoms with van der Waals surface area (Å²) in [5, 5.41) is 9.28. The summed E-state index contributed by atoms with van der Waals surface area (Å²) in [6, 6.07) is 11.4. The molecule has 2 N–H and O–H groups in total. The lowest BCUT2D eigenvalue weighted by atomic mass is 9.94. The van der Waals surface area contributed by atoms with Gasteiger partial charge >= 0.3 is 0 Å². The maximum Gasteiger partial charge on any atom is 0.0449 e. The van der Waals surface area contributed by atoms with Crippen molar-refractivity contribution in [3.05, 3.63) is 56.2 Å². The van der Waals surface area contributed by atoms with Crippen molar-refractivity contribution in [3.8, 4) is 0 Å². The van der Waals surface area contributed by atoms with Crippen molar-refractivity contribution in [2.24, 2.45) is 0 Å². The van der Waals surface area contributed by atoms with Gasteiger partial charge in [0.05, 0.1) is 0 Å². The lowest BCUT2D eigenvalue weighted by Crippen LogP contribution is -2.36. The van der Waals surface area contributed by atoms with Crippen LogP contribution < -0.4 is 10.6 Å². The first-order chi connectivity index (χ1) is 9.33. The van der Waals surface area contributed by atoms with E-state index in [0.29, 0.717) is 6.04 Å². The Morgan fingerprint density at radius 3 is 3.11 bits per heavy atom. The molecule has 0 amide bonds. The maximum atomic E-state index is 3.60. The molecule has 19 heavy (non-hydrogen) atoms. The zero-order valence-electron chi connectivity index (χ0n) is 10.7. The summed E-state index contributed by atoms with van der Waals surface area (Å²) in [4.78, 5) is 1.37. The topological polar surface area (TPSA) is 24.1 Å². The fourth-order valence-corrected chi connectivity index (χ4v) is 3.98. The Bertz CT molecular complexity index is 553. The first-order valence-electron chi connectivity index (χ1n) is 6.58. The monoisotopic (exact) mass is 336 g/mol. The summed E-state index contributed by atoms with van der Waals surface area (Å²) >= 11 is 5.28. The van der Waals surface area contributed by atoms with Crippen LogP contribution in [0, 0.1) is 0 Å². The zero-order chi connectivity index (χ0) is 13.1. The normalized spacial score (nSPS) is 18.3. The third kappa shape index (κ3) is 3.26. The molecule has 1 unspecified atom stereocenters. The molecule has 2 nitrogen and oxygen atoms in total. The lowest BCUT2D eigenvalue weighted by molar-refractivity contribution is 0.469. The van der Waals surface area contributed by atoms with Gasteiger partial charge in [0.25, 0.3) is 0 Å². The number of halogens is 1. The van der Waals surface area contributed by atoms with Crippen LogP contribution in [0.15, 0.2) is 40.2 Å². The van der Waals surface area contributed by atoms with Gasteiger partial charge in [-0.05, 0) is 46.1 Å². The molecule has 0 aliphatic carbocycles. The Balaban J connectivity index is 1.59. The Morgan fingerprint density at radius 1 is 1.37 bits per heavy atom. The van der Waals surface area contributed by atoms with E-state index in [1.807, 2.05) is 0 Å². The van der Waals surface area contributed by atoms with Gasteiger partial charge in [-0.3, -0.25) is 0 Å². The molecule has 2 aromatic rings. The maximum absolute atomic E-state index is 3.60. The van der Waals surface area contributed by atoms with E-state index in [0.717, 1.165) is 26.1 Å². The van der Waals surface area contributed by atoms with Gasteiger partial charge in [-0.1, -0.05) is 24.3 Å². The molecule has 1 atom stereocenters. The molecule has 1 aromatic heterocycles. The molecular formula is C15H17BrN2S. The van der Waals surface area contributed by atoms with Crippen molar-refractivity contribution in [3.63, 3.8) is 0 Å². The number of thiophene rings is 1. The van der Waals surface area contributed by atoms with E-state index in [1.54, 1.807) is 11.3 Å². The summed E-state index contributed by atoms with van der Waals surface area (Å²) in [6.45, 7) is 3.00. The molecule has 2 heterocycles. The van der Waals surface area contributed by atoms with Gasteiger partial charge in [0.15, 0.2) is 0 Å². The molecule has 1 aliphatic heterocycles. The number of benzene rings is 1. The van der Waals surface area contributed by atoms with Crippen molar-refractivity contribution >= 4 is 27.3 Å². The SMILES string of the molecule is Brc1csc(CNCC2NCCc3ccccc32)c1. The van der Waals surface area contributed by atoms with E-state index in [1.165, 1.54) is 20.5 Å². The molecule has 0 spiro atoms. The predicted molar refractivity (Wildman–Crippen MR) is 84.6 cm³/mol. The van der Waals surface area contributed by atoms with E-state index >= 15 is 0 Å². The minimum atomic E-state index is 0.438. The molecule has 1 aliphatic rings. The quantitative estimate of drug-likeness (QED) is 0.893. The molecule has 0 saturated heterocycles. The summed E-state index contributed by atoms with van der Waals surface area (Å²) in [6.07, 6.45) is 1.14. The average Bonchev–Trinajstić information content (AvgIpc) is 2.85. The molecular weight excluding hydrogens is 320 g/mol. The van der Waals surface area contributed by atoms with Gasteiger partial charge in [0.2, 0.25) is 0 Å². The Kier molecular flexibility index (Phi) is 4.33. The smallest absolute Gasteiger partial charge is 0.0449 e. The second-order valence-corrected chi connectivity index (χ2v) is 6.73. The van der Waals surface area contributed by atoms with Crippen LogP contribution in [0.3, 0.4) is 0 Å². The van der Waals surface area contributed by atoms with Crippen molar-refractivity contribution in [2.75, 3.05) is 13.1 Å². The Hall–Kier alpha value is -0.680. The van der Waals surface area contributed by atoms with E-state index in [2.05, 4.69) is 62.3 Å². The molecule has 4 heteroatoms. The summed E-state index contributed by atoms with van der Waals surface area (Å²) in [7, 11) is 0. The van der Waals surface area contributed by atoms with Gasteiger partial charge in [0, 0.05) is 33.9 Å². The second kappa shape index (κ2) is 6.18. The molecule has 0 saturated carbocycles. The summed E-state index contributed by atoms with van der Waals surface area (Å²) < 4.78 is 1.18. The van der Waals surface area contributed by atoms with Crippen LogP contribution >= 0.6 is 27.3 Å². The second-order valence-electron chi connectivity index (χ2n) is 4.82. The Morgan fingerprint density at radius 2 is 2.26 bits per heavy atom. The van der Waals surface area contributed by atoms with E-state index < -0.39 is 0 Å². The van der Waals surface area contributed by atoms with Crippen molar-refractivity contribution in [1.82, 2.24) is 10.6 Å². The van der Waals surface area contributed by atoms with Crippen LogP contribution in [-0.2, 0) is 13.0 Å². The highest BCUT2D eigenvalue weighted by molar-refractivity contribution is 9.10. The Labute approximate surface area is 126 Å². The van der Waals surface area contributed by atoms with Crippen molar-refractivity contribution in [2.45, 2.75) is 19.0 Å². The molecule has 0 fully saturated rings. The zero-order valence-corrected chi connectivity index (χ0v) is 13.1. The number of nitrogens with one attached hydrogen (secondary N) is 2. The van der Waals surface area contributed by atoms with Crippen LogP contribution in [0.4, 0.5) is 0 Å². The van der Waals surface area contributed by atoms with Crippen LogP contribution in [0.2, 0.25) is 0 Å². The standard InChI is InChI=1S/C15H17BrN2S/c16-12-7-13(19-10-12)8-17-9-15-14-4-2-1-3-11(14)5-6-18-15/h1-4,7,10,15,17-18H,5-6,8-9H2. The summed E-state index contributed by atoms with van der Waals surface area (Å²) in [5.74, 6) is 0. The fraction of sp³-hybridized carbons (Fsp3) is 0.333. The number of rotatable bonds is 4.